The number of carbonyl (C=O) groups is 1. The zero-order valence-electron chi connectivity index (χ0n) is 9.10. The molecule has 2 heterocycles. The summed E-state index contributed by atoms with van der Waals surface area (Å²) in [6, 6.07) is 0. The first-order valence-electron chi connectivity index (χ1n) is 5.33. The van der Waals surface area contributed by atoms with Crippen LogP contribution in [-0.4, -0.2) is 20.6 Å². The summed E-state index contributed by atoms with van der Waals surface area (Å²) in [5.74, 6) is -0.0346. The number of hydrogen-bond acceptors (Lipinski definition) is 2. The van der Waals surface area contributed by atoms with Gasteiger partial charge in [0, 0.05) is 12.2 Å². The van der Waals surface area contributed by atoms with Crippen molar-refractivity contribution in [2.45, 2.75) is 39.2 Å². The fourth-order valence-electron chi connectivity index (χ4n) is 2.28. The van der Waals surface area contributed by atoms with E-state index in [0.717, 1.165) is 18.7 Å². The monoisotopic (exact) mass is 208 g/mol. The Bertz CT molecular complexity index is 382. The molecule has 1 atom stereocenters. The van der Waals surface area contributed by atoms with Gasteiger partial charge in [-0.15, -0.1) is 0 Å². The molecule has 0 amide bonds. The SMILES string of the molecule is CC(C)c1ncn2c1CC(CC(=O)O)C2. The molecule has 1 aliphatic heterocycles. The van der Waals surface area contributed by atoms with Crippen molar-refractivity contribution >= 4 is 5.97 Å². The minimum atomic E-state index is -0.704. The van der Waals surface area contributed by atoms with E-state index in [1.165, 1.54) is 5.69 Å². The van der Waals surface area contributed by atoms with Crippen LogP contribution in [0.1, 0.15) is 37.6 Å². The first-order chi connectivity index (χ1) is 7.08. The van der Waals surface area contributed by atoms with E-state index in [0.29, 0.717) is 5.92 Å². The summed E-state index contributed by atoms with van der Waals surface area (Å²) < 4.78 is 2.10. The lowest BCUT2D eigenvalue weighted by Crippen LogP contribution is -2.09. The smallest absolute Gasteiger partial charge is 0.303 e. The Morgan fingerprint density at radius 1 is 1.73 bits per heavy atom. The van der Waals surface area contributed by atoms with Gasteiger partial charge in [-0.2, -0.15) is 0 Å². The van der Waals surface area contributed by atoms with Gasteiger partial charge >= 0.3 is 5.97 Å². The molecule has 0 radical (unpaired) electrons. The van der Waals surface area contributed by atoms with Crippen LogP contribution in [0, 0.1) is 5.92 Å². The summed E-state index contributed by atoms with van der Waals surface area (Å²) in [4.78, 5) is 15.0. The Kier molecular flexibility index (Phi) is 2.50. The minimum Gasteiger partial charge on any atom is -0.481 e. The summed E-state index contributed by atoms with van der Waals surface area (Å²) in [5, 5.41) is 8.74. The largest absolute Gasteiger partial charge is 0.481 e. The highest BCUT2D eigenvalue weighted by Crippen LogP contribution is 2.28. The second-order valence-corrected chi connectivity index (χ2v) is 4.55. The predicted octanol–water partition coefficient (Wildman–Crippen LogP) is 1.65. The number of rotatable bonds is 3. The number of imidazole rings is 1. The van der Waals surface area contributed by atoms with Gasteiger partial charge in [0.05, 0.1) is 18.4 Å². The van der Waals surface area contributed by atoms with Gasteiger partial charge in [-0.25, -0.2) is 4.98 Å². The molecular weight excluding hydrogens is 192 g/mol. The number of carboxylic acids is 1. The molecule has 0 bridgehead atoms. The minimum absolute atomic E-state index is 0.248. The summed E-state index contributed by atoms with van der Waals surface area (Å²) in [7, 11) is 0. The number of aliphatic carboxylic acids is 1. The molecule has 0 aromatic carbocycles. The van der Waals surface area contributed by atoms with E-state index in [-0.39, 0.29) is 12.3 Å². The maximum atomic E-state index is 10.6. The third-order valence-corrected chi connectivity index (χ3v) is 2.93. The van der Waals surface area contributed by atoms with Gasteiger partial charge in [0.15, 0.2) is 0 Å². The van der Waals surface area contributed by atoms with Gasteiger partial charge in [-0.05, 0) is 18.3 Å². The number of hydrogen-bond donors (Lipinski definition) is 1. The molecule has 0 saturated carbocycles. The van der Waals surface area contributed by atoms with Crippen LogP contribution in [0.2, 0.25) is 0 Å². The first-order valence-corrected chi connectivity index (χ1v) is 5.33. The molecule has 82 valence electrons. The van der Waals surface area contributed by atoms with Crippen LogP contribution in [0.5, 0.6) is 0 Å². The van der Waals surface area contributed by atoms with Crippen molar-refractivity contribution < 1.29 is 9.90 Å². The van der Waals surface area contributed by atoms with Crippen molar-refractivity contribution in [1.29, 1.82) is 0 Å². The Morgan fingerprint density at radius 2 is 2.47 bits per heavy atom. The van der Waals surface area contributed by atoms with Crippen molar-refractivity contribution in [1.82, 2.24) is 9.55 Å². The average molecular weight is 208 g/mol. The molecule has 1 N–H and O–H groups in total. The highest BCUT2D eigenvalue weighted by Gasteiger charge is 2.27. The summed E-state index contributed by atoms with van der Waals surface area (Å²) in [6.07, 6.45) is 2.96. The molecule has 0 aliphatic carbocycles. The van der Waals surface area contributed by atoms with Gasteiger partial charge < -0.3 is 9.67 Å². The van der Waals surface area contributed by atoms with Gasteiger partial charge in [0.1, 0.15) is 0 Å². The van der Waals surface area contributed by atoms with E-state index < -0.39 is 5.97 Å². The highest BCUT2D eigenvalue weighted by molar-refractivity contribution is 5.67. The molecule has 1 aromatic rings. The van der Waals surface area contributed by atoms with E-state index >= 15 is 0 Å². The lowest BCUT2D eigenvalue weighted by Gasteiger charge is -2.05. The molecule has 1 unspecified atom stereocenters. The van der Waals surface area contributed by atoms with Gasteiger partial charge in [-0.1, -0.05) is 13.8 Å². The molecule has 0 spiro atoms. The van der Waals surface area contributed by atoms with Crippen molar-refractivity contribution in [3.05, 3.63) is 17.7 Å². The van der Waals surface area contributed by atoms with E-state index in [1.54, 1.807) is 0 Å². The molecule has 4 heteroatoms. The van der Waals surface area contributed by atoms with Crippen molar-refractivity contribution in [3.8, 4) is 0 Å². The Hall–Kier alpha value is -1.32. The fraction of sp³-hybridized carbons (Fsp3) is 0.636. The number of carboxylic acid groups (broad SMARTS) is 1. The second-order valence-electron chi connectivity index (χ2n) is 4.55. The maximum Gasteiger partial charge on any atom is 0.303 e. The van der Waals surface area contributed by atoms with E-state index in [4.69, 9.17) is 5.11 Å². The topological polar surface area (TPSA) is 55.1 Å². The number of nitrogens with zero attached hydrogens (tertiary/aromatic N) is 2. The van der Waals surface area contributed by atoms with Crippen LogP contribution < -0.4 is 0 Å². The Morgan fingerprint density at radius 3 is 3.07 bits per heavy atom. The Balaban J connectivity index is 2.14. The predicted molar refractivity (Wildman–Crippen MR) is 55.8 cm³/mol. The van der Waals surface area contributed by atoms with Crippen LogP contribution in [0.3, 0.4) is 0 Å². The summed E-state index contributed by atoms with van der Waals surface area (Å²) in [6.45, 7) is 5.04. The molecule has 4 nitrogen and oxygen atoms in total. The lowest BCUT2D eigenvalue weighted by atomic mass is 10.00. The van der Waals surface area contributed by atoms with Gasteiger partial charge in [-0.3, -0.25) is 4.79 Å². The van der Waals surface area contributed by atoms with E-state index in [9.17, 15) is 4.79 Å². The van der Waals surface area contributed by atoms with Gasteiger partial charge in [0.25, 0.3) is 0 Å². The molecule has 0 fully saturated rings. The molecule has 2 rings (SSSR count). The first kappa shape index (κ1) is 10.2. The summed E-state index contributed by atoms with van der Waals surface area (Å²) in [5.41, 5.74) is 2.36. The quantitative estimate of drug-likeness (QED) is 0.821. The highest BCUT2D eigenvalue weighted by atomic mass is 16.4. The van der Waals surface area contributed by atoms with E-state index in [1.807, 2.05) is 6.33 Å². The third-order valence-electron chi connectivity index (χ3n) is 2.93. The zero-order chi connectivity index (χ0) is 11.0. The normalized spacial score (nSPS) is 19.5. The number of fused-ring (bicyclic) bond motifs is 1. The molecule has 15 heavy (non-hydrogen) atoms. The maximum absolute atomic E-state index is 10.6. The zero-order valence-corrected chi connectivity index (χ0v) is 9.10. The number of aromatic nitrogens is 2. The van der Waals surface area contributed by atoms with Crippen LogP contribution in [0.15, 0.2) is 6.33 Å². The van der Waals surface area contributed by atoms with Crippen LogP contribution in [0.4, 0.5) is 0 Å². The van der Waals surface area contributed by atoms with E-state index in [2.05, 4.69) is 23.4 Å². The summed E-state index contributed by atoms with van der Waals surface area (Å²) >= 11 is 0. The van der Waals surface area contributed by atoms with Crippen LogP contribution in [-0.2, 0) is 17.8 Å². The third kappa shape index (κ3) is 1.89. The van der Waals surface area contributed by atoms with Crippen LogP contribution >= 0.6 is 0 Å². The standard InChI is InChI=1S/C11H16N2O2/c1-7(2)11-9-3-8(4-10(14)15)5-13(9)6-12-11/h6-8H,3-5H2,1-2H3,(H,14,15). The lowest BCUT2D eigenvalue weighted by molar-refractivity contribution is -0.138. The Labute approximate surface area is 88.9 Å². The van der Waals surface area contributed by atoms with Crippen LogP contribution in [0.25, 0.3) is 0 Å². The second kappa shape index (κ2) is 3.68. The average Bonchev–Trinajstić information content (AvgIpc) is 2.60. The molecule has 0 saturated heterocycles. The van der Waals surface area contributed by atoms with Gasteiger partial charge in [0.2, 0.25) is 0 Å². The molecule has 1 aromatic heterocycles. The van der Waals surface area contributed by atoms with Crippen molar-refractivity contribution in [3.63, 3.8) is 0 Å². The molecule has 1 aliphatic rings. The van der Waals surface area contributed by atoms with Crippen molar-refractivity contribution in [2.24, 2.45) is 5.92 Å². The molecular formula is C11H16N2O2. The van der Waals surface area contributed by atoms with Crippen molar-refractivity contribution in [2.75, 3.05) is 0 Å². The fourth-order valence-corrected chi connectivity index (χ4v) is 2.28.